The fourth-order valence-electron chi connectivity index (χ4n) is 6.56. The molecule has 9 nitrogen and oxygen atoms in total. The summed E-state index contributed by atoms with van der Waals surface area (Å²) in [4.78, 5) is 30.3. The highest BCUT2D eigenvalue weighted by Gasteiger charge is 2.72. The summed E-state index contributed by atoms with van der Waals surface area (Å²) in [6.45, 7) is 0. The summed E-state index contributed by atoms with van der Waals surface area (Å²) in [5, 5.41) is 16.7. The smallest absolute Gasteiger partial charge is 0.240 e. The molecule has 0 aliphatic carbocycles. The predicted octanol–water partition coefficient (Wildman–Crippen LogP) is 3.72. The van der Waals surface area contributed by atoms with Gasteiger partial charge in [-0.25, -0.2) is 4.90 Å². The number of halogens is 1. The van der Waals surface area contributed by atoms with Gasteiger partial charge < -0.3 is 4.74 Å². The van der Waals surface area contributed by atoms with E-state index >= 15 is 0 Å². The molecule has 192 valence electrons. The average molecular weight is 537 g/mol. The molecule has 4 aromatic rings. The number of ether oxygens (including phenoxy) is 1. The van der Waals surface area contributed by atoms with Crippen molar-refractivity contribution in [3.63, 3.8) is 0 Å². The molecule has 0 N–H and O–H groups in total. The number of anilines is 2. The number of nitrogens with zero attached hydrogens (tertiary/aromatic N) is 6. The van der Waals surface area contributed by atoms with Crippen LogP contribution in [0, 0.1) is 17.8 Å². The molecule has 0 spiro atoms. The highest BCUT2D eigenvalue weighted by molar-refractivity contribution is 6.31. The van der Waals surface area contributed by atoms with Crippen molar-refractivity contribution in [3.8, 4) is 5.69 Å². The van der Waals surface area contributed by atoms with Crippen molar-refractivity contribution in [3.05, 3.63) is 102 Å². The number of hydrazone groups is 1. The number of aromatic nitrogens is 3. The molecular weight excluding hydrogens is 516 g/mol. The third kappa shape index (κ3) is 3.20. The third-order valence-corrected chi connectivity index (χ3v) is 8.39. The molecule has 2 amide bonds. The Morgan fingerprint density at radius 1 is 0.718 bits per heavy atom. The topological polar surface area (TPSA) is 92.9 Å². The second-order valence-corrected chi connectivity index (χ2v) is 10.6. The van der Waals surface area contributed by atoms with Crippen molar-refractivity contribution in [2.45, 2.75) is 18.2 Å². The zero-order valence-corrected chi connectivity index (χ0v) is 21.2. The van der Waals surface area contributed by atoms with Crippen LogP contribution in [0.3, 0.4) is 0 Å². The molecule has 8 rings (SSSR count). The van der Waals surface area contributed by atoms with Crippen LogP contribution < -0.4 is 9.91 Å². The number of hydrogen-bond acceptors (Lipinski definition) is 7. The highest BCUT2D eigenvalue weighted by atomic mass is 35.5. The first-order valence-electron chi connectivity index (χ1n) is 12.8. The molecule has 10 heteroatoms. The predicted molar refractivity (Wildman–Crippen MR) is 144 cm³/mol. The van der Waals surface area contributed by atoms with Crippen molar-refractivity contribution in [2.75, 3.05) is 9.91 Å². The average Bonchev–Trinajstić information content (AvgIpc) is 3.78. The molecule has 0 saturated carbocycles. The summed E-state index contributed by atoms with van der Waals surface area (Å²) in [7, 11) is 0. The quantitative estimate of drug-likeness (QED) is 0.369. The van der Waals surface area contributed by atoms with Gasteiger partial charge in [0.25, 0.3) is 0 Å². The molecule has 6 unspecified atom stereocenters. The Hall–Kier alpha value is -4.34. The van der Waals surface area contributed by atoms with Gasteiger partial charge in [-0.1, -0.05) is 48.0 Å². The molecule has 1 aromatic heterocycles. The molecule has 3 fully saturated rings. The fourth-order valence-corrected chi connectivity index (χ4v) is 6.68. The largest absolute Gasteiger partial charge is 0.370 e. The zero-order chi connectivity index (χ0) is 26.2. The minimum absolute atomic E-state index is 0.241. The number of rotatable bonds is 4. The van der Waals surface area contributed by atoms with Gasteiger partial charge >= 0.3 is 0 Å². The van der Waals surface area contributed by atoms with E-state index in [0.29, 0.717) is 22.1 Å². The van der Waals surface area contributed by atoms with E-state index in [9.17, 15) is 9.59 Å². The van der Waals surface area contributed by atoms with E-state index in [0.717, 1.165) is 11.4 Å². The summed E-state index contributed by atoms with van der Waals surface area (Å²) in [6, 6.07) is 26.0. The van der Waals surface area contributed by atoms with Crippen LogP contribution >= 0.6 is 11.6 Å². The Morgan fingerprint density at radius 2 is 1.36 bits per heavy atom. The van der Waals surface area contributed by atoms with Crippen molar-refractivity contribution in [1.29, 1.82) is 0 Å². The molecule has 4 aliphatic heterocycles. The fraction of sp³-hybridized carbons (Fsp3) is 0.207. The van der Waals surface area contributed by atoms with Gasteiger partial charge in [-0.05, 0) is 48.5 Å². The van der Waals surface area contributed by atoms with Gasteiger partial charge in [0, 0.05) is 5.02 Å². The van der Waals surface area contributed by atoms with Crippen LogP contribution in [-0.2, 0) is 14.3 Å². The lowest BCUT2D eigenvalue weighted by Gasteiger charge is -2.32. The van der Waals surface area contributed by atoms with Crippen LogP contribution in [-0.4, -0.2) is 50.8 Å². The van der Waals surface area contributed by atoms with Crippen molar-refractivity contribution in [1.82, 2.24) is 15.0 Å². The first-order valence-corrected chi connectivity index (χ1v) is 13.2. The number of carbonyl (C=O) groups excluding carboxylic acids is 2. The summed E-state index contributed by atoms with van der Waals surface area (Å²) in [5.41, 5.74) is 3.57. The van der Waals surface area contributed by atoms with E-state index in [1.807, 2.05) is 65.7 Å². The molecule has 2 bridgehead atoms. The normalized spacial score (nSPS) is 28.7. The number of hydrogen-bond donors (Lipinski definition) is 0. The first kappa shape index (κ1) is 22.6. The Bertz CT molecular complexity index is 1640. The zero-order valence-electron chi connectivity index (χ0n) is 20.4. The Morgan fingerprint density at radius 3 is 2.05 bits per heavy atom. The van der Waals surface area contributed by atoms with Crippen molar-refractivity contribution < 1.29 is 14.3 Å². The van der Waals surface area contributed by atoms with Crippen LogP contribution in [0.1, 0.15) is 5.69 Å². The van der Waals surface area contributed by atoms with Gasteiger partial charge in [0.15, 0.2) is 0 Å². The molecule has 6 atom stereocenters. The summed E-state index contributed by atoms with van der Waals surface area (Å²) in [5.74, 6) is -1.91. The highest BCUT2D eigenvalue weighted by Crippen LogP contribution is 2.56. The molecular formula is C29H21ClN6O3. The summed E-state index contributed by atoms with van der Waals surface area (Å²) < 4.78 is 6.48. The molecule has 3 saturated heterocycles. The van der Waals surface area contributed by atoms with Crippen molar-refractivity contribution >= 4 is 40.5 Å². The Balaban J connectivity index is 1.20. The number of para-hydroxylation sites is 2. The van der Waals surface area contributed by atoms with E-state index in [-0.39, 0.29) is 23.8 Å². The van der Waals surface area contributed by atoms with Crippen LogP contribution in [0.4, 0.5) is 11.4 Å². The maximum Gasteiger partial charge on any atom is 0.240 e. The lowest BCUT2D eigenvalue weighted by atomic mass is 9.70. The van der Waals surface area contributed by atoms with E-state index in [1.54, 1.807) is 35.3 Å². The van der Waals surface area contributed by atoms with Crippen LogP contribution in [0.2, 0.25) is 5.02 Å². The second kappa shape index (κ2) is 8.33. The van der Waals surface area contributed by atoms with Gasteiger partial charge in [0.05, 0.1) is 65.0 Å². The van der Waals surface area contributed by atoms with E-state index in [1.165, 1.54) is 4.90 Å². The van der Waals surface area contributed by atoms with E-state index in [2.05, 4.69) is 5.10 Å². The van der Waals surface area contributed by atoms with Crippen LogP contribution in [0.25, 0.3) is 5.69 Å². The minimum atomic E-state index is -0.593. The summed E-state index contributed by atoms with van der Waals surface area (Å²) >= 11 is 6.06. The molecule has 5 heterocycles. The lowest BCUT2D eigenvalue weighted by Crippen LogP contribution is -2.50. The SMILES string of the molecule is O=C1C2C3OC(C2C(=O)N1c1ccc(Cl)cc1)C1C3C(c2cnn(-c3ccccc3)n2)=NN1c1ccccc1. The van der Waals surface area contributed by atoms with Crippen LogP contribution in [0.5, 0.6) is 0 Å². The second-order valence-electron chi connectivity index (χ2n) is 10.1. The van der Waals surface area contributed by atoms with E-state index in [4.69, 9.17) is 26.5 Å². The first-order chi connectivity index (χ1) is 19.1. The Labute approximate surface area is 228 Å². The van der Waals surface area contributed by atoms with Gasteiger partial charge in [-0.2, -0.15) is 15.0 Å². The monoisotopic (exact) mass is 536 g/mol. The third-order valence-electron chi connectivity index (χ3n) is 8.14. The van der Waals surface area contributed by atoms with Gasteiger partial charge in [-0.15, -0.1) is 5.10 Å². The maximum atomic E-state index is 13.8. The van der Waals surface area contributed by atoms with Gasteiger partial charge in [0.2, 0.25) is 11.8 Å². The standard InChI is InChI=1S/C29H21ClN6O3/c30-16-11-13-17(14-12-16)34-28(37)21-22(29(34)38)27-25-23(26(21)39-27)24(33-35(25)18-7-3-1-4-8-18)20-15-31-36(32-20)19-9-5-2-6-10-19/h1-15,21-23,25-27H. The number of fused-ring (bicyclic) bond motifs is 8. The minimum Gasteiger partial charge on any atom is -0.370 e. The molecule has 0 radical (unpaired) electrons. The molecule has 39 heavy (non-hydrogen) atoms. The van der Waals surface area contributed by atoms with Gasteiger partial charge in [0.1, 0.15) is 5.69 Å². The van der Waals surface area contributed by atoms with Gasteiger partial charge in [-0.3, -0.25) is 14.6 Å². The number of amides is 2. The summed E-state index contributed by atoms with van der Waals surface area (Å²) in [6.07, 6.45) is 0.695. The number of carbonyl (C=O) groups is 2. The molecule has 4 aliphatic rings. The maximum absolute atomic E-state index is 13.8. The molecule has 3 aromatic carbocycles. The van der Waals surface area contributed by atoms with E-state index < -0.39 is 24.0 Å². The number of benzene rings is 3. The Kier molecular flexibility index (Phi) is 4.83. The number of imide groups is 1. The van der Waals surface area contributed by atoms with Crippen molar-refractivity contribution in [2.24, 2.45) is 22.9 Å². The lowest BCUT2D eigenvalue weighted by molar-refractivity contribution is -0.125. The van der Waals surface area contributed by atoms with Crippen LogP contribution in [0.15, 0.2) is 96.2 Å².